The zero-order valence-corrected chi connectivity index (χ0v) is 25.0. The molecule has 0 bridgehead atoms. The fourth-order valence-corrected chi connectivity index (χ4v) is 6.71. The molecule has 0 unspecified atom stereocenters. The van der Waals surface area contributed by atoms with Crippen molar-refractivity contribution in [3.05, 3.63) is 156 Å². The Morgan fingerprint density at radius 1 is 0.553 bits per heavy atom. The molecular formula is C40H25F3N2O2. The van der Waals surface area contributed by atoms with E-state index in [-0.39, 0.29) is 11.1 Å². The molecule has 7 aromatic rings. The van der Waals surface area contributed by atoms with Gasteiger partial charge in [-0.25, -0.2) is 4.90 Å². The highest BCUT2D eigenvalue weighted by Crippen LogP contribution is 2.45. The number of carbonyl (C=O) groups is 2. The van der Waals surface area contributed by atoms with Gasteiger partial charge in [-0.1, -0.05) is 103 Å². The Morgan fingerprint density at radius 3 is 1.72 bits per heavy atom. The van der Waals surface area contributed by atoms with Crippen molar-refractivity contribution in [2.24, 2.45) is 0 Å². The fourth-order valence-electron chi connectivity index (χ4n) is 6.71. The minimum Gasteiger partial charge on any atom is -0.308 e. The summed E-state index contributed by atoms with van der Waals surface area (Å²) in [5.41, 5.74) is 5.20. The Labute approximate surface area is 267 Å². The van der Waals surface area contributed by atoms with Crippen molar-refractivity contribution in [1.29, 1.82) is 0 Å². The number of alkyl halides is 3. The highest BCUT2D eigenvalue weighted by molar-refractivity contribution is 6.37. The Hall–Kier alpha value is -5.95. The lowest BCUT2D eigenvalue weighted by atomic mass is 9.95. The molecule has 0 atom stereocenters. The topological polar surface area (TPSA) is 42.3 Å². The monoisotopic (exact) mass is 622 g/mol. The van der Waals surface area contributed by atoms with Crippen LogP contribution in [0.2, 0.25) is 0 Å². The van der Waals surface area contributed by atoms with Crippen molar-refractivity contribution >= 4 is 39.3 Å². The van der Waals surface area contributed by atoms with Gasteiger partial charge in [-0.3, -0.25) is 9.59 Å². The van der Waals surface area contributed by atoms with Crippen LogP contribution in [-0.4, -0.2) is 16.4 Å². The van der Waals surface area contributed by atoms with E-state index in [0.717, 1.165) is 34.2 Å². The molecule has 4 nitrogen and oxygen atoms in total. The van der Waals surface area contributed by atoms with Crippen molar-refractivity contribution in [2.75, 3.05) is 4.90 Å². The molecule has 0 aliphatic carbocycles. The van der Waals surface area contributed by atoms with Crippen LogP contribution in [0.3, 0.4) is 0 Å². The molecule has 8 rings (SSSR count). The van der Waals surface area contributed by atoms with Gasteiger partial charge in [0.25, 0.3) is 11.8 Å². The van der Waals surface area contributed by atoms with E-state index in [1.165, 1.54) is 11.0 Å². The van der Waals surface area contributed by atoms with Gasteiger partial charge >= 0.3 is 6.18 Å². The third-order valence-electron chi connectivity index (χ3n) is 8.81. The van der Waals surface area contributed by atoms with E-state index in [4.69, 9.17) is 0 Å². The van der Waals surface area contributed by atoms with E-state index in [0.29, 0.717) is 38.9 Å². The lowest BCUT2D eigenvalue weighted by molar-refractivity contribution is -0.137. The van der Waals surface area contributed by atoms with Gasteiger partial charge < -0.3 is 4.57 Å². The summed E-state index contributed by atoms with van der Waals surface area (Å²) in [6.45, 7) is 1.90. The number of benzene rings is 6. The predicted octanol–water partition coefficient (Wildman–Crippen LogP) is 10.2. The first-order valence-electron chi connectivity index (χ1n) is 15.1. The van der Waals surface area contributed by atoms with Crippen LogP contribution < -0.4 is 4.90 Å². The van der Waals surface area contributed by atoms with Crippen LogP contribution in [0.5, 0.6) is 0 Å². The minimum atomic E-state index is -4.57. The lowest BCUT2D eigenvalue weighted by Crippen LogP contribution is -2.30. The van der Waals surface area contributed by atoms with Crippen molar-refractivity contribution in [3.63, 3.8) is 0 Å². The third kappa shape index (κ3) is 4.46. The molecule has 0 saturated carbocycles. The second-order valence-corrected chi connectivity index (χ2v) is 11.7. The molecule has 0 fully saturated rings. The summed E-state index contributed by atoms with van der Waals surface area (Å²) in [5.74, 6) is -1.05. The van der Waals surface area contributed by atoms with E-state index in [1.807, 2.05) is 104 Å². The molecule has 7 heteroatoms. The number of rotatable bonds is 4. The average molecular weight is 623 g/mol. The number of aromatic nitrogens is 1. The van der Waals surface area contributed by atoms with Crippen LogP contribution in [0.25, 0.3) is 49.7 Å². The smallest absolute Gasteiger partial charge is 0.308 e. The maximum Gasteiger partial charge on any atom is 0.416 e. The molecule has 2 heterocycles. The second kappa shape index (κ2) is 10.6. The molecule has 0 saturated heterocycles. The zero-order valence-electron chi connectivity index (χ0n) is 25.0. The van der Waals surface area contributed by atoms with Crippen LogP contribution >= 0.6 is 0 Å². The maximum absolute atomic E-state index is 14.8. The molecule has 1 aliphatic heterocycles. The summed E-state index contributed by atoms with van der Waals surface area (Å²) in [7, 11) is 0. The van der Waals surface area contributed by atoms with Crippen LogP contribution in [0.15, 0.2) is 133 Å². The number of aryl methyl sites for hydroxylation is 1. The number of carbonyl (C=O) groups excluding carboxylic acids is 2. The highest BCUT2D eigenvalue weighted by Gasteiger charge is 2.41. The molecule has 228 valence electrons. The summed E-state index contributed by atoms with van der Waals surface area (Å²) in [5, 5.41) is 1.35. The number of halogens is 3. The number of para-hydroxylation sites is 1. The highest BCUT2D eigenvalue weighted by atomic mass is 19.4. The van der Waals surface area contributed by atoms with Crippen molar-refractivity contribution in [3.8, 4) is 27.9 Å². The Balaban J connectivity index is 1.40. The lowest BCUT2D eigenvalue weighted by Gasteiger charge is -2.23. The van der Waals surface area contributed by atoms with E-state index < -0.39 is 23.6 Å². The Bertz CT molecular complexity index is 2340. The van der Waals surface area contributed by atoms with Crippen molar-refractivity contribution in [2.45, 2.75) is 13.1 Å². The summed E-state index contributed by atoms with van der Waals surface area (Å²) < 4.78 is 43.6. The molecule has 0 radical (unpaired) electrons. The molecule has 0 N–H and O–H groups in total. The summed E-state index contributed by atoms with van der Waals surface area (Å²) in [6.07, 6.45) is -4.57. The standard InChI is InChI=1S/C40H25F3N2O2/c1-24-18-20-30-31-21-19-27(40(41,42)43)23-35(31)44(34(30)22-24)33-17-9-16-32-36(33)39(47)45(38(32)46)37-28(25-10-4-2-5-11-25)14-8-15-29(37)26-12-6-3-7-13-26/h2-23H,1H3. The fraction of sp³-hybridized carbons (Fsp3) is 0.0500. The first kappa shape index (κ1) is 28.5. The van der Waals surface area contributed by atoms with Crippen LogP contribution in [0.4, 0.5) is 18.9 Å². The quantitative estimate of drug-likeness (QED) is 0.183. The summed E-state index contributed by atoms with van der Waals surface area (Å²) in [6, 6.07) is 39.1. The minimum absolute atomic E-state index is 0.136. The predicted molar refractivity (Wildman–Crippen MR) is 179 cm³/mol. The normalized spacial score (nSPS) is 13.1. The molecule has 6 aromatic carbocycles. The summed E-state index contributed by atoms with van der Waals surface area (Å²) in [4.78, 5) is 30.4. The number of anilines is 1. The number of hydrogen-bond donors (Lipinski definition) is 0. The van der Waals surface area contributed by atoms with Gasteiger partial charge in [-0.05, 0) is 53.9 Å². The molecule has 0 spiro atoms. The van der Waals surface area contributed by atoms with Crippen LogP contribution in [0, 0.1) is 6.92 Å². The van der Waals surface area contributed by atoms with E-state index in [9.17, 15) is 22.8 Å². The Morgan fingerprint density at radius 2 is 1.11 bits per heavy atom. The number of amides is 2. The molecule has 2 amide bonds. The van der Waals surface area contributed by atoms with Gasteiger partial charge in [-0.2, -0.15) is 13.2 Å². The van der Waals surface area contributed by atoms with E-state index in [1.54, 1.807) is 22.8 Å². The first-order chi connectivity index (χ1) is 22.7. The van der Waals surface area contributed by atoms with Crippen molar-refractivity contribution < 1.29 is 22.8 Å². The van der Waals surface area contributed by atoms with Gasteiger partial charge in [0.2, 0.25) is 0 Å². The van der Waals surface area contributed by atoms with Gasteiger partial charge in [-0.15, -0.1) is 0 Å². The second-order valence-electron chi connectivity index (χ2n) is 11.7. The third-order valence-corrected chi connectivity index (χ3v) is 8.81. The number of imide groups is 1. The van der Waals surface area contributed by atoms with Crippen molar-refractivity contribution in [1.82, 2.24) is 4.57 Å². The van der Waals surface area contributed by atoms with E-state index >= 15 is 0 Å². The molecule has 1 aromatic heterocycles. The average Bonchev–Trinajstić information content (AvgIpc) is 3.54. The van der Waals surface area contributed by atoms with Crippen LogP contribution in [0.1, 0.15) is 31.8 Å². The largest absolute Gasteiger partial charge is 0.416 e. The first-order valence-corrected chi connectivity index (χ1v) is 15.1. The van der Waals surface area contributed by atoms with Gasteiger partial charge in [0.05, 0.1) is 39.1 Å². The summed E-state index contributed by atoms with van der Waals surface area (Å²) >= 11 is 0. The molecular weight excluding hydrogens is 597 g/mol. The van der Waals surface area contributed by atoms with Gasteiger partial charge in [0, 0.05) is 21.9 Å². The van der Waals surface area contributed by atoms with Gasteiger partial charge in [0.15, 0.2) is 0 Å². The number of hydrogen-bond acceptors (Lipinski definition) is 2. The zero-order chi connectivity index (χ0) is 32.4. The Kier molecular flexibility index (Phi) is 6.41. The SMILES string of the molecule is Cc1ccc2c3ccc(C(F)(F)F)cc3n(-c3cccc4c3C(=O)N(c3c(-c5ccccc5)cccc3-c3ccccc3)C4=O)c2c1. The molecule has 1 aliphatic rings. The molecule has 47 heavy (non-hydrogen) atoms. The van der Waals surface area contributed by atoms with E-state index in [2.05, 4.69) is 0 Å². The number of fused-ring (bicyclic) bond motifs is 4. The van der Waals surface area contributed by atoms with Crippen LogP contribution in [-0.2, 0) is 6.18 Å². The maximum atomic E-state index is 14.8. The number of nitrogens with zero attached hydrogens (tertiary/aromatic N) is 2. The van der Waals surface area contributed by atoms with Gasteiger partial charge in [0.1, 0.15) is 0 Å².